The number of nitrogens with zero attached hydrogens (tertiary/aromatic N) is 1. The predicted molar refractivity (Wildman–Crippen MR) is 66.6 cm³/mol. The van der Waals surface area contributed by atoms with Crippen LogP contribution in [-0.4, -0.2) is 0 Å². The molecule has 0 radical (unpaired) electrons. The van der Waals surface area contributed by atoms with Gasteiger partial charge >= 0.3 is 0 Å². The van der Waals surface area contributed by atoms with Crippen molar-refractivity contribution in [3.8, 4) is 6.07 Å². The number of rotatable bonds is 10. The molecule has 0 aromatic carbocycles. The first-order chi connectivity index (χ1) is 7.41. The van der Waals surface area contributed by atoms with E-state index < -0.39 is 0 Å². The van der Waals surface area contributed by atoms with Crippen LogP contribution in [0.25, 0.3) is 0 Å². The molecular formula is C14H25N. The molecule has 86 valence electrons. The number of unbranched alkanes of at least 4 members (excludes halogenated alkanes) is 8. The SMILES string of the molecule is CCCCC/C=C/CCCCCCC#N. The number of allylic oxidation sites excluding steroid dienone is 2. The molecule has 0 aromatic heterocycles. The van der Waals surface area contributed by atoms with E-state index >= 15 is 0 Å². The Morgan fingerprint density at radius 3 is 2.07 bits per heavy atom. The highest BCUT2D eigenvalue weighted by molar-refractivity contribution is 4.81. The minimum atomic E-state index is 0.729. The molecule has 1 heteroatoms. The van der Waals surface area contributed by atoms with Crippen molar-refractivity contribution in [1.82, 2.24) is 0 Å². The topological polar surface area (TPSA) is 23.8 Å². The van der Waals surface area contributed by atoms with Crippen LogP contribution in [-0.2, 0) is 0 Å². The maximum absolute atomic E-state index is 8.35. The van der Waals surface area contributed by atoms with Crippen molar-refractivity contribution in [3.05, 3.63) is 12.2 Å². The van der Waals surface area contributed by atoms with E-state index in [1.165, 1.54) is 51.4 Å². The molecule has 0 fully saturated rings. The van der Waals surface area contributed by atoms with Gasteiger partial charge in [-0.15, -0.1) is 0 Å². The second-order valence-electron chi connectivity index (χ2n) is 4.08. The minimum absolute atomic E-state index is 0.729. The van der Waals surface area contributed by atoms with Crippen LogP contribution in [0.3, 0.4) is 0 Å². The highest BCUT2D eigenvalue weighted by Crippen LogP contribution is 2.06. The molecule has 0 bridgehead atoms. The summed E-state index contributed by atoms with van der Waals surface area (Å²) >= 11 is 0. The van der Waals surface area contributed by atoms with E-state index in [1.54, 1.807) is 0 Å². The first-order valence-electron chi connectivity index (χ1n) is 6.43. The molecule has 0 saturated carbocycles. The van der Waals surface area contributed by atoms with E-state index in [0.717, 1.165) is 12.8 Å². The highest BCUT2D eigenvalue weighted by Gasteiger charge is 1.88. The Labute approximate surface area is 95.2 Å². The van der Waals surface area contributed by atoms with Crippen LogP contribution in [0.5, 0.6) is 0 Å². The molecule has 0 heterocycles. The summed E-state index contributed by atoms with van der Waals surface area (Å²) in [5.74, 6) is 0. The van der Waals surface area contributed by atoms with Crippen LogP contribution in [0, 0.1) is 11.3 Å². The van der Waals surface area contributed by atoms with Crippen molar-refractivity contribution >= 4 is 0 Å². The van der Waals surface area contributed by atoms with Crippen molar-refractivity contribution in [2.75, 3.05) is 0 Å². The van der Waals surface area contributed by atoms with Crippen LogP contribution in [0.1, 0.15) is 71.1 Å². The molecule has 0 N–H and O–H groups in total. The van der Waals surface area contributed by atoms with Gasteiger partial charge in [0.25, 0.3) is 0 Å². The molecule has 15 heavy (non-hydrogen) atoms. The zero-order valence-electron chi connectivity index (χ0n) is 10.2. The zero-order chi connectivity index (χ0) is 11.2. The summed E-state index contributed by atoms with van der Waals surface area (Å²) < 4.78 is 0. The van der Waals surface area contributed by atoms with Crippen molar-refractivity contribution < 1.29 is 0 Å². The van der Waals surface area contributed by atoms with Gasteiger partial charge in [-0.05, 0) is 32.1 Å². The van der Waals surface area contributed by atoms with Crippen LogP contribution in [0.15, 0.2) is 12.2 Å². The Kier molecular flexibility index (Phi) is 12.6. The standard InChI is InChI=1S/C14H25N/c1-2-3-4-5-6-7-8-9-10-11-12-13-14-15/h6-7H,2-5,8-13H2,1H3/b7-6+. The molecular weight excluding hydrogens is 182 g/mol. The highest BCUT2D eigenvalue weighted by atomic mass is 14.2. The van der Waals surface area contributed by atoms with Gasteiger partial charge in [0.2, 0.25) is 0 Å². The molecule has 0 atom stereocenters. The fourth-order valence-electron chi connectivity index (χ4n) is 1.57. The van der Waals surface area contributed by atoms with Gasteiger partial charge in [0.1, 0.15) is 0 Å². The molecule has 0 aromatic rings. The maximum atomic E-state index is 8.35. The second-order valence-corrected chi connectivity index (χ2v) is 4.08. The lowest BCUT2D eigenvalue weighted by Gasteiger charge is -1.95. The second kappa shape index (κ2) is 13.2. The van der Waals surface area contributed by atoms with Gasteiger partial charge in [-0.3, -0.25) is 0 Å². The maximum Gasteiger partial charge on any atom is 0.0621 e. The third-order valence-electron chi connectivity index (χ3n) is 2.55. The normalized spacial score (nSPS) is 10.7. The lowest BCUT2D eigenvalue weighted by Crippen LogP contribution is -1.77. The largest absolute Gasteiger partial charge is 0.198 e. The van der Waals surface area contributed by atoms with Gasteiger partial charge in [-0.25, -0.2) is 0 Å². The zero-order valence-corrected chi connectivity index (χ0v) is 10.2. The molecule has 0 aliphatic heterocycles. The Hall–Kier alpha value is -0.770. The predicted octanol–water partition coefficient (Wildman–Crippen LogP) is 4.99. The summed E-state index contributed by atoms with van der Waals surface area (Å²) in [5, 5.41) is 8.35. The fourth-order valence-corrected chi connectivity index (χ4v) is 1.57. The van der Waals surface area contributed by atoms with Crippen LogP contribution < -0.4 is 0 Å². The molecule has 0 rings (SSSR count). The van der Waals surface area contributed by atoms with Gasteiger partial charge in [0, 0.05) is 6.42 Å². The molecule has 0 amide bonds. The van der Waals surface area contributed by atoms with Crippen molar-refractivity contribution in [3.63, 3.8) is 0 Å². The molecule has 0 aliphatic carbocycles. The summed E-state index contributed by atoms with van der Waals surface area (Å²) in [6, 6.07) is 2.18. The quantitative estimate of drug-likeness (QED) is 0.366. The van der Waals surface area contributed by atoms with E-state index in [9.17, 15) is 0 Å². The Morgan fingerprint density at radius 1 is 0.867 bits per heavy atom. The Morgan fingerprint density at radius 2 is 1.47 bits per heavy atom. The van der Waals surface area contributed by atoms with Crippen molar-refractivity contribution in [1.29, 1.82) is 5.26 Å². The van der Waals surface area contributed by atoms with E-state index in [1.807, 2.05) is 0 Å². The Bertz CT molecular complexity index is 176. The third kappa shape index (κ3) is 13.2. The summed E-state index contributed by atoms with van der Waals surface area (Å²) in [6.07, 6.45) is 16.7. The number of nitriles is 1. The number of hydrogen-bond donors (Lipinski definition) is 0. The summed E-state index contributed by atoms with van der Waals surface area (Å²) in [7, 11) is 0. The van der Waals surface area contributed by atoms with Crippen molar-refractivity contribution in [2.24, 2.45) is 0 Å². The summed E-state index contributed by atoms with van der Waals surface area (Å²) in [6.45, 7) is 2.24. The first kappa shape index (κ1) is 14.2. The van der Waals surface area contributed by atoms with E-state index in [0.29, 0.717) is 0 Å². The van der Waals surface area contributed by atoms with Crippen LogP contribution >= 0.6 is 0 Å². The molecule has 0 spiro atoms. The van der Waals surface area contributed by atoms with E-state index in [2.05, 4.69) is 25.1 Å². The van der Waals surface area contributed by atoms with Crippen LogP contribution in [0.4, 0.5) is 0 Å². The lowest BCUT2D eigenvalue weighted by atomic mass is 10.1. The smallest absolute Gasteiger partial charge is 0.0621 e. The minimum Gasteiger partial charge on any atom is -0.198 e. The summed E-state index contributed by atoms with van der Waals surface area (Å²) in [5.41, 5.74) is 0. The molecule has 0 unspecified atom stereocenters. The molecule has 0 aliphatic rings. The summed E-state index contributed by atoms with van der Waals surface area (Å²) in [4.78, 5) is 0. The van der Waals surface area contributed by atoms with Gasteiger partial charge < -0.3 is 0 Å². The van der Waals surface area contributed by atoms with Gasteiger partial charge in [-0.2, -0.15) is 5.26 Å². The van der Waals surface area contributed by atoms with E-state index in [4.69, 9.17) is 5.26 Å². The fraction of sp³-hybridized carbons (Fsp3) is 0.786. The van der Waals surface area contributed by atoms with Crippen LogP contribution in [0.2, 0.25) is 0 Å². The average Bonchev–Trinajstić information content (AvgIpc) is 2.26. The van der Waals surface area contributed by atoms with E-state index in [-0.39, 0.29) is 0 Å². The molecule has 1 nitrogen and oxygen atoms in total. The van der Waals surface area contributed by atoms with Gasteiger partial charge in [0.05, 0.1) is 6.07 Å². The molecule has 0 saturated heterocycles. The van der Waals surface area contributed by atoms with Gasteiger partial charge in [0.15, 0.2) is 0 Å². The lowest BCUT2D eigenvalue weighted by molar-refractivity contribution is 0.653. The van der Waals surface area contributed by atoms with Gasteiger partial charge in [-0.1, -0.05) is 44.8 Å². The average molecular weight is 207 g/mol. The third-order valence-corrected chi connectivity index (χ3v) is 2.55. The number of hydrogen-bond acceptors (Lipinski definition) is 1. The van der Waals surface area contributed by atoms with Crippen molar-refractivity contribution in [2.45, 2.75) is 71.1 Å². The monoisotopic (exact) mass is 207 g/mol. The Balaban J connectivity index is 3.00. The first-order valence-corrected chi connectivity index (χ1v) is 6.43.